The number of hydrogen-bond donors (Lipinski definition) is 2. The molecule has 18 heavy (non-hydrogen) atoms. The molecular formula is C13H11N5. The van der Waals surface area contributed by atoms with Gasteiger partial charge in [0.05, 0.1) is 11.7 Å². The summed E-state index contributed by atoms with van der Waals surface area (Å²) >= 11 is 0. The van der Waals surface area contributed by atoms with Crippen LogP contribution in [0.15, 0.2) is 55.0 Å². The van der Waals surface area contributed by atoms with E-state index >= 15 is 0 Å². The molecule has 0 saturated heterocycles. The molecule has 0 aliphatic carbocycles. The Labute approximate surface area is 103 Å². The summed E-state index contributed by atoms with van der Waals surface area (Å²) in [6.45, 7) is 0. The van der Waals surface area contributed by atoms with Crippen molar-refractivity contribution in [3.63, 3.8) is 0 Å². The van der Waals surface area contributed by atoms with Gasteiger partial charge in [0.25, 0.3) is 0 Å². The van der Waals surface area contributed by atoms with E-state index in [0.29, 0.717) is 0 Å². The highest BCUT2D eigenvalue weighted by Gasteiger charge is 1.90. The molecule has 0 atom stereocenters. The van der Waals surface area contributed by atoms with E-state index in [1.807, 2.05) is 24.4 Å². The summed E-state index contributed by atoms with van der Waals surface area (Å²) in [6, 6.07) is 12.1. The predicted octanol–water partition coefficient (Wildman–Crippen LogP) is 2.52. The van der Waals surface area contributed by atoms with Crippen molar-refractivity contribution in [2.75, 3.05) is 0 Å². The average Bonchev–Trinajstić information content (AvgIpc) is 3.08. The number of rotatable bonds is 0. The van der Waals surface area contributed by atoms with Gasteiger partial charge in [0.1, 0.15) is 5.52 Å². The van der Waals surface area contributed by atoms with Crippen LogP contribution in [-0.4, -0.2) is 25.4 Å². The molecule has 2 N–H and O–H groups in total. The van der Waals surface area contributed by atoms with Crippen LogP contribution in [0.4, 0.5) is 0 Å². The van der Waals surface area contributed by atoms with Gasteiger partial charge in [-0.25, -0.2) is 0 Å². The monoisotopic (exact) mass is 237 g/mol. The fraction of sp³-hybridized carbons (Fsp3) is 0. The number of para-hydroxylation sites is 1. The Balaban J connectivity index is 0.000000111. The molecule has 3 heterocycles. The maximum absolute atomic E-state index is 3.75. The number of hydrogen-bond acceptors (Lipinski definition) is 3. The topological polar surface area (TPSA) is 70.2 Å². The van der Waals surface area contributed by atoms with Crippen LogP contribution in [-0.2, 0) is 0 Å². The number of aromatic amines is 2. The highest BCUT2D eigenvalue weighted by Crippen LogP contribution is 2.09. The van der Waals surface area contributed by atoms with Crippen LogP contribution in [0.3, 0.4) is 0 Å². The van der Waals surface area contributed by atoms with Crippen molar-refractivity contribution in [1.29, 1.82) is 0 Å². The third kappa shape index (κ3) is 2.06. The minimum Gasteiger partial charge on any atom is -0.361 e. The molecule has 0 fully saturated rings. The number of H-pyrrole nitrogens is 2. The summed E-state index contributed by atoms with van der Waals surface area (Å²) in [5.74, 6) is 0. The number of nitrogens with one attached hydrogen (secondary N) is 2. The van der Waals surface area contributed by atoms with Gasteiger partial charge in [-0.3, -0.25) is 0 Å². The lowest BCUT2D eigenvalue weighted by Crippen LogP contribution is -1.83. The summed E-state index contributed by atoms with van der Waals surface area (Å²) in [6.07, 6.45) is 5.40. The largest absolute Gasteiger partial charge is 0.361 e. The molecule has 0 bridgehead atoms. The zero-order chi connectivity index (χ0) is 12.2. The Morgan fingerprint density at radius 1 is 0.833 bits per heavy atom. The summed E-state index contributed by atoms with van der Waals surface area (Å²) < 4.78 is 0. The van der Waals surface area contributed by atoms with Crippen LogP contribution in [0, 0.1) is 0 Å². The van der Waals surface area contributed by atoms with Gasteiger partial charge in [0.15, 0.2) is 0 Å². The Morgan fingerprint density at radius 2 is 1.67 bits per heavy atom. The zero-order valence-electron chi connectivity index (χ0n) is 9.54. The second kappa shape index (κ2) is 4.67. The Kier molecular flexibility index (Phi) is 2.71. The molecule has 0 radical (unpaired) electrons. The summed E-state index contributed by atoms with van der Waals surface area (Å²) in [5, 5.41) is 12.1. The second-order valence-electron chi connectivity index (χ2n) is 3.78. The molecule has 0 saturated carbocycles. The van der Waals surface area contributed by atoms with Crippen molar-refractivity contribution in [3.8, 4) is 0 Å². The maximum Gasteiger partial charge on any atom is 0.114 e. The SMILES string of the molecule is c1cc2nnncc2[nH]1.c1ccc2[nH]ccc2c1. The van der Waals surface area contributed by atoms with Crippen LogP contribution in [0.2, 0.25) is 0 Å². The van der Waals surface area contributed by atoms with Crippen molar-refractivity contribution in [2.24, 2.45) is 0 Å². The molecule has 0 aliphatic rings. The molecule has 4 aromatic rings. The van der Waals surface area contributed by atoms with E-state index in [4.69, 9.17) is 0 Å². The molecule has 0 amide bonds. The lowest BCUT2D eigenvalue weighted by atomic mass is 10.3. The van der Waals surface area contributed by atoms with Gasteiger partial charge < -0.3 is 9.97 Å². The summed E-state index contributed by atoms with van der Waals surface area (Å²) in [4.78, 5) is 6.07. The summed E-state index contributed by atoms with van der Waals surface area (Å²) in [7, 11) is 0. The number of fused-ring (bicyclic) bond motifs is 2. The minimum atomic E-state index is 0.852. The fourth-order valence-corrected chi connectivity index (χ4v) is 1.72. The fourth-order valence-electron chi connectivity index (χ4n) is 1.72. The van der Waals surface area contributed by atoms with Crippen molar-refractivity contribution >= 4 is 21.9 Å². The first-order valence-electron chi connectivity index (χ1n) is 5.57. The van der Waals surface area contributed by atoms with Gasteiger partial charge in [-0.05, 0) is 28.8 Å². The molecule has 88 valence electrons. The van der Waals surface area contributed by atoms with Crippen LogP contribution in [0.1, 0.15) is 0 Å². The molecule has 0 unspecified atom stereocenters. The molecule has 4 rings (SSSR count). The van der Waals surface area contributed by atoms with Crippen LogP contribution < -0.4 is 0 Å². The van der Waals surface area contributed by atoms with Crippen molar-refractivity contribution in [2.45, 2.75) is 0 Å². The molecule has 0 aliphatic heterocycles. The molecular weight excluding hydrogens is 226 g/mol. The van der Waals surface area contributed by atoms with E-state index in [1.54, 1.807) is 12.4 Å². The smallest absolute Gasteiger partial charge is 0.114 e. The highest BCUT2D eigenvalue weighted by molar-refractivity contribution is 5.78. The lowest BCUT2D eigenvalue weighted by Gasteiger charge is -1.83. The first kappa shape index (κ1) is 10.5. The van der Waals surface area contributed by atoms with Crippen LogP contribution in [0.25, 0.3) is 21.9 Å². The van der Waals surface area contributed by atoms with Crippen molar-refractivity contribution in [1.82, 2.24) is 25.4 Å². The molecule has 0 spiro atoms. The van der Waals surface area contributed by atoms with E-state index in [1.165, 1.54) is 10.9 Å². The summed E-state index contributed by atoms with van der Waals surface area (Å²) in [5.41, 5.74) is 2.98. The predicted molar refractivity (Wildman–Crippen MR) is 70.0 cm³/mol. The number of benzene rings is 1. The molecule has 3 aromatic heterocycles. The molecule has 5 heteroatoms. The van der Waals surface area contributed by atoms with Crippen molar-refractivity contribution < 1.29 is 0 Å². The Bertz CT molecular complexity index is 629. The third-order valence-corrected chi connectivity index (χ3v) is 2.61. The second-order valence-corrected chi connectivity index (χ2v) is 3.78. The van der Waals surface area contributed by atoms with Gasteiger partial charge in [-0.2, -0.15) is 0 Å². The maximum atomic E-state index is 3.75. The molecule has 5 nitrogen and oxygen atoms in total. The van der Waals surface area contributed by atoms with Gasteiger partial charge in [0.2, 0.25) is 0 Å². The van der Waals surface area contributed by atoms with Gasteiger partial charge >= 0.3 is 0 Å². The van der Waals surface area contributed by atoms with Crippen molar-refractivity contribution in [3.05, 3.63) is 55.0 Å². The van der Waals surface area contributed by atoms with E-state index in [2.05, 4.69) is 43.6 Å². The van der Waals surface area contributed by atoms with E-state index in [0.717, 1.165) is 11.0 Å². The number of aromatic nitrogens is 5. The van der Waals surface area contributed by atoms with Gasteiger partial charge in [0, 0.05) is 17.9 Å². The lowest BCUT2D eigenvalue weighted by molar-refractivity contribution is 0.895. The van der Waals surface area contributed by atoms with Gasteiger partial charge in [-0.1, -0.05) is 18.2 Å². The third-order valence-electron chi connectivity index (χ3n) is 2.61. The standard InChI is InChI=1S/C8H7N.C5H4N4/c1-2-4-8-7(3-1)5-6-9-8;1-2-6-5-3-7-9-8-4(1)5/h1-6,9H;1-3,6H. The zero-order valence-corrected chi connectivity index (χ0v) is 9.54. The minimum absolute atomic E-state index is 0.852. The van der Waals surface area contributed by atoms with Gasteiger partial charge in [-0.15, -0.1) is 10.2 Å². The molecule has 1 aromatic carbocycles. The van der Waals surface area contributed by atoms with Crippen LogP contribution >= 0.6 is 0 Å². The quantitative estimate of drug-likeness (QED) is 0.493. The van der Waals surface area contributed by atoms with E-state index < -0.39 is 0 Å². The Hall–Kier alpha value is -2.69. The number of nitrogens with zero attached hydrogens (tertiary/aromatic N) is 3. The van der Waals surface area contributed by atoms with Crippen LogP contribution in [0.5, 0.6) is 0 Å². The first-order chi connectivity index (χ1) is 8.93. The Morgan fingerprint density at radius 3 is 2.56 bits per heavy atom. The normalized spacial score (nSPS) is 10.2. The van der Waals surface area contributed by atoms with E-state index in [-0.39, 0.29) is 0 Å². The van der Waals surface area contributed by atoms with E-state index in [9.17, 15) is 0 Å². The first-order valence-corrected chi connectivity index (χ1v) is 5.57. The average molecular weight is 237 g/mol. The highest BCUT2D eigenvalue weighted by atomic mass is 15.3.